The van der Waals surface area contributed by atoms with E-state index in [0.29, 0.717) is 5.82 Å². The van der Waals surface area contributed by atoms with Crippen LogP contribution in [0.3, 0.4) is 0 Å². The Bertz CT molecular complexity index is 405. The van der Waals surface area contributed by atoms with Crippen LogP contribution in [0.25, 0.3) is 0 Å². The third-order valence-electron chi connectivity index (χ3n) is 3.14. The van der Waals surface area contributed by atoms with Gasteiger partial charge in [-0.15, -0.1) is 0 Å². The third-order valence-corrected chi connectivity index (χ3v) is 3.14. The van der Waals surface area contributed by atoms with E-state index in [-0.39, 0.29) is 5.69 Å². The highest BCUT2D eigenvalue weighted by Crippen LogP contribution is 2.14. The number of aromatic nitrogens is 1. The Labute approximate surface area is 106 Å². The Morgan fingerprint density at radius 1 is 1.39 bits per heavy atom. The van der Waals surface area contributed by atoms with Crippen LogP contribution < -0.4 is 5.32 Å². The van der Waals surface area contributed by atoms with Crippen LogP contribution in [0.4, 0.5) is 11.5 Å². The van der Waals surface area contributed by atoms with Crippen molar-refractivity contribution in [2.75, 3.05) is 31.5 Å². The summed E-state index contributed by atoms with van der Waals surface area (Å²) in [6.45, 7) is 4.05. The monoisotopic (exact) mass is 250 g/mol. The first kappa shape index (κ1) is 12.8. The summed E-state index contributed by atoms with van der Waals surface area (Å²) in [5.74, 6) is 0.571. The van der Waals surface area contributed by atoms with Crippen LogP contribution in [0.15, 0.2) is 18.3 Å². The normalized spacial score (nSPS) is 16.4. The topological polar surface area (TPSA) is 71.3 Å². The lowest BCUT2D eigenvalue weighted by Crippen LogP contribution is -2.33. The zero-order valence-corrected chi connectivity index (χ0v) is 10.3. The van der Waals surface area contributed by atoms with Crippen molar-refractivity contribution in [2.45, 2.75) is 19.3 Å². The zero-order chi connectivity index (χ0) is 12.8. The zero-order valence-electron chi connectivity index (χ0n) is 10.3. The van der Waals surface area contributed by atoms with E-state index in [4.69, 9.17) is 0 Å². The van der Waals surface area contributed by atoms with Gasteiger partial charge in [0, 0.05) is 25.4 Å². The third kappa shape index (κ3) is 3.66. The van der Waals surface area contributed by atoms with Gasteiger partial charge >= 0.3 is 0 Å². The fourth-order valence-electron chi connectivity index (χ4n) is 2.15. The molecular weight excluding hydrogens is 232 g/mol. The fourth-order valence-corrected chi connectivity index (χ4v) is 2.15. The number of rotatable bonds is 5. The van der Waals surface area contributed by atoms with Gasteiger partial charge in [-0.1, -0.05) is 6.42 Å². The molecule has 1 aromatic heterocycles. The lowest BCUT2D eigenvalue weighted by molar-refractivity contribution is -0.384. The Kier molecular flexibility index (Phi) is 4.46. The van der Waals surface area contributed by atoms with Gasteiger partial charge in [0.15, 0.2) is 0 Å². The van der Waals surface area contributed by atoms with Crippen LogP contribution in [-0.2, 0) is 0 Å². The SMILES string of the molecule is O=[N+]([O-])c1ccnc(NCCN2CCCCC2)c1. The van der Waals surface area contributed by atoms with Gasteiger partial charge in [0.2, 0.25) is 0 Å². The van der Waals surface area contributed by atoms with E-state index >= 15 is 0 Å². The van der Waals surface area contributed by atoms with Crippen LogP contribution in [0.2, 0.25) is 0 Å². The molecule has 0 unspecified atom stereocenters. The number of piperidine rings is 1. The van der Waals surface area contributed by atoms with Gasteiger partial charge in [0.05, 0.1) is 11.0 Å². The molecular formula is C12H18N4O2. The molecule has 0 amide bonds. The molecule has 0 atom stereocenters. The Morgan fingerprint density at radius 3 is 2.89 bits per heavy atom. The van der Waals surface area contributed by atoms with E-state index in [1.54, 1.807) is 0 Å². The number of likely N-dealkylation sites (tertiary alicyclic amines) is 1. The first-order chi connectivity index (χ1) is 8.75. The van der Waals surface area contributed by atoms with Crippen molar-refractivity contribution in [3.05, 3.63) is 28.4 Å². The molecule has 0 saturated carbocycles. The summed E-state index contributed by atoms with van der Waals surface area (Å²) < 4.78 is 0. The number of hydrogen-bond acceptors (Lipinski definition) is 5. The minimum atomic E-state index is -0.405. The molecule has 0 spiro atoms. The van der Waals surface area contributed by atoms with Crippen molar-refractivity contribution in [3.63, 3.8) is 0 Å². The lowest BCUT2D eigenvalue weighted by Gasteiger charge is -2.26. The minimum Gasteiger partial charge on any atom is -0.369 e. The predicted octanol–water partition coefficient (Wildman–Crippen LogP) is 1.89. The summed E-state index contributed by atoms with van der Waals surface area (Å²) in [7, 11) is 0. The van der Waals surface area contributed by atoms with Crippen molar-refractivity contribution < 1.29 is 4.92 Å². The molecule has 1 aliphatic heterocycles. The molecule has 1 N–H and O–H groups in total. The summed E-state index contributed by atoms with van der Waals surface area (Å²) in [6.07, 6.45) is 5.34. The van der Waals surface area contributed by atoms with E-state index in [1.807, 2.05) is 0 Å². The van der Waals surface area contributed by atoms with Crippen LogP contribution in [0, 0.1) is 10.1 Å². The molecule has 0 bridgehead atoms. The first-order valence-electron chi connectivity index (χ1n) is 6.32. The Morgan fingerprint density at radius 2 is 2.17 bits per heavy atom. The number of nitrogens with one attached hydrogen (secondary N) is 1. The predicted molar refractivity (Wildman–Crippen MR) is 69.7 cm³/mol. The van der Waals surface area contributed by atoms with Gasteiger partial charge in [0.1, 0.15) is 5.82 Å². The summed E-state index contributed by atoms with van der Waals surface area (Å²) in [5.41, 5.74) is 0.0745. The number of nitrogens with zero attached hydrogens (tertiary/aromatic N) is 3. The highest BCUT2D eigenvalue weighted by atomic mass is 16.6. The molecule has 1 fully saturated rings. The van der Waals surface area contributed by atoms with Gasteiger partial charge in [0.25, 0.3) is 5.69 Å². The van der Waals surface area contributed by atoms with Crippen molar-refractivity contribution >= 4 is 11.5 Å². The highest BCUT2D eigenvalue weighted by molar-refractivity contribution is 5.44. The van der Waals surface area contributed by atoms with Crippen LogP contribution in [0.1, 0.15) is 19.3 Å². The largest absolute Gasteiger partial charge is 0.369 e. The molecule has 0 aromatic carbocycles. The van der Waals surface area contributed by atoms with E-state index in [2.05, 4.69) is 15.2 Å². The second-order valence-electron chi connectivity index (χ2n) is 4.49. The Hall–Kier alpha value is -1.69. The summed E-state index contributed by atoms with van der Waals surface area (Å²) in [5, 5.41) is 13.7. The van der Waals surface area contributed by atoms with Gasteiger partial charge < -0.3 is 10.2 Å². The summed E-state index contributed by atoms with van der Waals surface area (Å²) in [6, 6.07) is 2.87. The number of anilines is 1. The van der Waals surface area contributed by atoms with Crippen molar-refractivity contribution in [3.8, 4) is 0 Å². The average molecular weight is 250 g/mol. The second-order valence-corrected chi connectivity index (χ2v) is 4.49. The van der Waals surface area contributed by atoms with Gasteiger partial charge in [-0.2, -0.15) is 0 Å². The lowest BCUT2D eigenvalue weighted by atomic mass is 10.1. The van der Waals surface area contributed by atoms with Gasteiger partial charge in [-0.3, -0.25) is 10.1 Å². The van der Waals surface area contributed by atoms with E-state index in [0.717, 1.165) is 26.2 Å². The Balaban J connectivity index is 1.78. The van der Waals surface area contributed by atoms with Gasteiger partial charge in [-0.25, -0.2) is 4.98 Å². The number of hydrogen-bond donors (Lipinski definition) is 1. The van der Waals surface area contributed by atoms with Crippen LogP contribution >= 0.6 is 0 Å². The average Bonchev–Trinajstić information content (AvgIpc) is 2.40. The van der Waals surface area contributed by atoms with Crippen LogP contribution in [0.5, 0.6) is 0 Å². The molecule has 1 aromatic rings. The molecule has 6 nitrogen and oxygen atoms in total. The summed E-state index contributed by atoms with van der Waals surface area (Å²) >= 11 is 0. The quantitative estimate of drug-likeness (QED) is 0.638. The smallest absolute Gasteiger partial charge is 0.274 e. The van der Waals surface area contributed by atoms with E-state index in [1.165, 1.54) is 37.6 Å². The molecule has 0 aliphatic carbocycles. The highest BCUT2D eigenvalue weighted by Gasteiger charge is 2.10. The number of nitro groups is 1. The second kappa shape index (κ2) is 6.30. The first-order valence-corrected chi connectivity index (χ1v) is 6.32. The molecule has 2 heterocycles. The van der Waals surface area contributed by atoms with Gasteiger partial charge in [-0.05, 0) is 25.9 Å². The molecule has 98 valence electrons. The number of pyridine rings is 1. The van der Waals surface area contributed by atoms with Crippen molar-refractivity contribution in [2.24, 2.45) is 0 Å². The maximum Gasteiger partial charge on any atom is 0.274 e. The van der Waals surface area contributed by atoms with Crippen molar-refractivity contribution in [1.82, 2.24) is 9.88 Å². The molecule has 1 saturated heterocycles. The fraction of sp³-hybridized carbons (Fsp3) is 0.583. The minimum absolute atomic E-state index is 0.0745. The van der Waals surface area contributed by atoms with Crippen LogP contribution in [-0.4, -0.2) is 41.0 Å². The molecule has 2 rings (SSSR count). The molecule has 0 radical (unpaired) electrons. The maximum atomic E-state index is 10.6. The molecule has 18 heavy (non-hydrogen) atoms. The standard InChI is InChI=1S/C12H18N4O2/c17-16(18)11-4-5-13-12(10-11)14-6-9-15-7-2-1-3-8-15/h4-5,10H,1-3,6-9H2,(H,13,14). The molecule has 6 heteroatoms. The maximum absolute atomic E-state index is 10.6. The van der Waals surface area contributed by atoms with E-state index < -0.39 is 4.92 Å². The van der Waals surface area contributed by atoms with Crippen molar-refractivity contribution in [1.29, 1.82) is 0 Å². The molecule has 1 aliphatic rings. The summed E-state index contributed by atoms with van der Waals surface area (Å²) in [4.78, 5) is 16.7. The van der Waals surface area contributed by atoms with E-state index in [9.17, 15) is 10.1 Å².